The Bertz CT molecular complexity index is 975. The van der Waals surface area contributed by atoms with E-state index in [2.05, 4.69) is 5.32 Å². The highest BCUT2D eigenvalue weighted by Gasteiger charge is 2.34. The number of urea groups is 1. The van der Waals surface area contributed by atoms with Gasteiger partial charge in [0.15, 0.2) is 11.5 Å². The minimum absolute atomic E-state index is 0.149. The molecule has 2 atom stereocenters. The van der Waals surface area contributed by atoms with Gasteiger partial charge in [0.2, 0.25) is 12.0 Å². The first kappa shape index (κ1) is 21.5. The van der Waals surface area contributed by atoms with Gasteiger partial charge in [-0.3, -0.25) is 9.59 Å². The third-order valence-electron chi connectivity index (χ3n) is 5.58. The SMILES string of the molecule is NC(=O)N[C@@H](Cc1ccccc1)C(=O)N1CCN(C(=O)[C@@H]2COc3ccccc3O2)CC1. The van der Waals surface area contributed by atoms with Gasteiger partial charge in [-0.25, -0.2) is 4.79 Å². The van der Waals surface area contributed by atoms with Crippen molar-refractivity contribution in [1.29, 1.82) is 0 Å². The van der Waals surface area contributed by atoms with E-state index in [1.54, 1.807) is 21.9 Å². The number of piperazine rings is 1. The number of nitrogens with two attached hydrogens (primary N) is 1. The Labute approximate surface area is 186 Å². The second kappa shape index (κ2) is 9.59. The lowest BCUT2D eigenvalue weighted by Gasteiger charge is -2.38. The van der Waals surface area contributed by atoms with E-state index in [1.165, 1.54) is 0 Å². The van der Waals surface area contributed by atoms with E-state index >= 15 is 0 Å². The highest BCUT2D eigenvalue weighted by atomic mass is 16.6. The maximum absolute atomic E-state index is 13.1. The fourth-order valence-corrected chi connectivity index (χ4v) is 3.93. The van der Waals surface area contributed by atoms with Crippen molar-refractivity contribution < 1.29 is 23.9 Å². The predicted octanol–water partition coefficient (Wildman–Crippen LogP) is 0.777. The molecule has 0 aromatic heterocycles. The molecule has 0 aliphatic carbocycles. The number of fused-ring (bicyclic) bond motifs is 1. The van der Waals surface area contributed by atoms with Gasteiger partial charge in [0.1, 0.15) is 12.6 Å². The quantitative estimate of drug-likeness (QED) is 0.716. The zero-order valence-corrected chi connectivity index (χ0v) is 17.6. The summed E-state index contributed by atoms with van der Waals surface area (Å²) in [6.45, 7) is 1.62. The molecule has 2 heterocycles. The van der Waals surface area contributed by atoms with Crippen molar-refractivity contribution in [2.24, 2.45) is 5.73 Å². The molecule has 0 radical (unpaired) electrons. The highest BCUT2D eigenvalue weighted by molar-refractivity contribution is 5.87. The third-order valence-corrected chi connectivity index (χ3v) is 5.58. The minimum Gasteiger partial charge on any atom is -0.485 e. The van der Waals surface area contributed by atoms with Gasteiger partial charge in [0.05, 0.1) is 0 Å². The van der Waals surface area contributed by atoms with Crippen LogP contribution in [0.1, 0.15) is 5.56 Å². The van der Waals surface area contributed by atoms with Crippen LogP contribution in [-0.2, 0) is 16.0 Å². The summed E-state index contributed by atoms with van der Waals surface area (Å²) in [7, 11) is 0. The van der Waals surface area contributed by atoms with Crippen LogP contribution in [0.4, 0.5) is 4.79 Å². The molecular weight excluding hydrogens is 412 g/mol. The van der Waals surface area contributed by atoms with Gasteiger partial charge in [0.25, 0.3) is 5.91 Å². The number of amides is 4. The predicted molar refractivity (Wildman–Crippen MR) is 116 cm³/mol. The lowest BCUT2D eigenvalue weighted by atomic mass is 10.0. The van der Waals surface area contributed by atoms with Gasteiger partial charge in [0, 0.05) is 32.6 Å². The van der Waals surface area contributed by atoms with Gasteiger partial charge in [-0.1, -0.05) is 42.5 Å². The molecule has 4 amide bonds. The molecule has 2 aliphatic rings. The van der Waals surface area contributed by atoms with Crippen LogP contribution in [0.15, 0.2) is 54.6 Å². The van der Waals surface area contributed by atoms with Crippen LogP contribution in [0.25, 0.3) is 0 Å². The number of nitrogens with zero attached hydrogens (tertiary/aromatic N) is 2. The van der Waals surface area contributed by atoms with E-state index < -0.39 is 18.2 Å². The first-order valence-electron chi connectivity index (χ1n) is 10.6. The molecule has 3 N–H and O–H groups in total. The van der Waals surface area contributed by atoms with Crippen molar-refractivity contribution in [3.05, 3.63) is 60.2 Å². The summed E-state index contributed by atoms with van der Waals surface area (Å²) >= 11 is 0. The molecule has 1 saturated heterocycles. The largest absolute Gasteiger partial charge is 0.485 e. The molecule has 9 nitrogen and oxygen atoms in total. The number of rotatable bonds is 5. The Balaban J connectivity index is 1.34. The van der Waals surface area contributed by atoms with Crippen LogP contribution in [0.2, 0.25) is 0 Å². The zero-order chi connectivity index (χ0) is 22.5. The van der Waals surface area contributed by atoms with Crippen molar-refractivity contribution in [2.75, 3.05) is 32.8 Å². The highest BCUT2D eigenvalue weighted by Crippen LogP contribution is 2.31. The van der Waals surface area contributed by atoms with Crippen molar-refractivity contribution in [3.8, 4) is 11.5 Å². The number of carbonyl (C=O) groups is 3. The number of hydrogen-bond acceptors (Lipinski definition) is 5. The molecule has 32 heavy (non-hydrogen) atoms. The van der Waals surface area contributed by atoms with E-state index in [4.69, 9.17) is 15.2 Å². The van der Waals surface area contributed by atoms with Crippen LogP contribution in [0.5, 0.6) is 11.5 Å². The number of primary amides is 1. The molecule has 0 bridgehead atoms. The first-order valence-corrected chi connectivity index (χ1v) is 10.6. The summed E-state index contributed by atoms with van der Waals surface area (Å²) in [5.41, 5.74) is 6.21. The molecule has 2 aliphatic heterocycles. The summed E-state index contributed by atoms with van der Waals surface area (Å²) in [6, 6.07) is 15.2. The fraction of sp³-hybridized carbons (Fsp3) is 0.348. The van der Waals surface area contributed by atoms with E-state index in [0.29, 0.717) is 44.1 Å². The zero-order valence-electron chi connectivity index (χ0n) is 17.6. The summed E-state index contributed by atoms with van der Waals surface area (Å²) in [4.78, 5) is 40.8. The van der Waals surface area contributed by atoms with Crippen LogP contribution >= 0.6 is 0 Å². The van der Waals surface area contributed by atoms with Crippen LogP contribution in [0.3, 0.4) is 0 Å². The summed E-state index contributed by atoms with van der Waals surface area (Å²) in [6.07, 6.45) is -0.372. The second-order valence-corrected chi connectivity index (χ2v) is 7.77. The Kier molecular flexibility index (Phi) is 6.44. The Morgan fingerprint density at radius 3 is 2.25 bits per heavy atom. The van der Waals surface area contributed by atoms with Crippen molar-refractivity contribution >= 4 is 17.8 Å². The van der Waals surface area contributed by atoms with Gasteiger partial charge in [-0.15, -0.1) is 0 Å². The minimum atomic E-state index is -0.760. The van der Waals surface area contributed by atoms with Crippen molar-refractivity contribution in [3.63, 3.8) is 0 Å². The Hall–Kier alpha value is -3.75. The number of hydrogen-bond donors (Lipinski definition) is 2. The molecule has 0 spiro atoms. The van der Waals surface area contributed by atoms with E-state index in [9.17, 15) is 14.4 Å². The lowest BCUT2D eigenvalue weighted by molar-refractivity contribution is -0.146. The summed E-state index contributed by atoms with van der Waals surface area (Å²) in [5.74, 6) is 0.791. The van der Waals surface area contributed by atoms with Crippen LogP contribution < -0.4 is 20.5 Å². The van der Waals surface area contributed by atoms with Crippen LogP contribution in [0, 0.1) is 0 Å². The third kappa shape index (κ3) is 4.93. The molecule has 0 saturated carbocycles. The molecule has 2 aromatic rings. The standard InChI is InChI=1S/C23H26N4O5/c24-23(30)25-17(14-16-6-2-1-3-7-16)21(28)26-10-12-27(13-11-26)22(29)20-15-31-18-8-4-5-9-19(18)32-20/h1-9,17,20H,10-15H2,(H3,24,25,30)/t17-,20-/m0/s1. The maximum atomic E-state index is 13.1. The van der Waals surface area contributed by atoms with Gasteiger partial charge >= 0.3 is 6.03 Å². The average Bonchev–Trinajstić information content (AvgIpc) is 2.83. The maximum Gasteiger partial charge on any atom is 0.312 e. The summed E-state index contributed by atoms with van der Waals surface area (Å²) < 4.78 is 11.5. The number of benzene rings is 2. The van der Waals surface area contributed by atoms with E-state index in [1.807, 2.05) is 42.5 Å². The monoisotopic (exact) mass is 438 g/mol. The van der Waals surface area contributed by atoms with Crippen molar-refractivity contribution in [2.45, 2.75) is 18.6 Å². The second-order valence-electron chi connectivity index (χ2n) is 7.77. The van der Waals surface area contributed by atoms with Gasteiger partial charge in [-0.2, -0.15) is 0 Å². The molecule has 4 rings (SSSR count). The Morgan fingerprint density at radius 1 is 0.938 bits per heavy atom. The van der Waals surface area contributed by atoms with Crippen LogP contribution in [-0.4, -0.2) is 72.6 Å². The number of ether oxygens (including phenoxy) is 2. The summed E-state index contributed by atoms with van der Waals surface area (Å²) in [5, 5.41) is 2.55. The van der Waals surface area contributed by atoms with E-state index in [-0.39, 0.29) is 18.4 Å². The molecule has 9 heteroatoms. The molecule has 0 unspecified atom stereocenters. The fourth-order valence-electron chi connectivity index (χ4n) is 3.93. The smallest absolute Gasteiger partial charge is 0.312 e. The number of nitrogens with one attached hydrogen (secondary N) is 1. The molecule has 1 fully saturated rings. The molecular formula is C23H26N4O5. The van der Waals surface area contributed by atoms with Gasteiger partial charge in [-0.05, 0) is 17.7 Å². The van der Waals surface area contributed by atoms with Crippen molar-refractivity contribution in [1.82, 2.24) is 15.1 Å². The number of carbonyl (C=O) groups excluding carboxylic acids is 3. The lowest BCUT2D eigenvalue weighted by Crippen LogP contribution is -2.58. The number of para-hydroxylation sites is 2. The van der Waals surface area contributed by atoms with E-state index in [0.717, 1.165) is 5.56 Å². The average molecular weight is 438 g/mol. The topological polar surface area (TPSA) is 114 Å². The molecule has 2 aromatic carbocycles. The Morgan fingerprint density at radius 2 is 1.56 bits per heavy atom. The molecule has 168 valence electrons. The first-order chi connectivity index (χ1) is 15.5. The normalized spacial score (nSPS) is 18.6. The van der Waals surface area contributed by atoms with Gasteiger partial charge < -0.3 is 30.3 Å².